The van der Waals surface area contributed by atoms with Gasteiger partial charge in [0.15, 0.2) is 5.13 Å². The molecule has 0 radical (unpaired) electrons. The molecular weight excluding hydrogens is 290 g/mol. The van der Waals surface area contributed by atoms with Gasteiger partial charge in [0, 0.05) is 0 Å². The number of benzene rings is 1. The van der Waals surface area contributed by atoms with Gasteiger partial charge in [-0.15, -0.1) is 0 Å². The maximum absolute atomic E-state index is 11.8. The molecule has 0 aliphatic carbocycles. The van der Waals surface area contributed by atoms with Gasteiger partial charge in [0.05, 0.1) is 10.2 Å². The molecule has 2 rings (SSSR count). The predicted molar refractivity (Wildman–Crippen MR) is 82.7 cm³/mol. The lowest BCUT2D eigenvalue weighted by molar-refractivity contribution is -0.139. The Kier molecular flexibility index (Phi) is 5.10. The summed E-state index contributed by atoms with van der Waals surface area (Å²) in [6.07, 6.45) is 2.04. The molecule has 2 aromatic rings. The van der Waals surface area contributed by atoms with Crippen molar-refractivity contribution in [1.82, 2.24) is 10.3 Å². The van der Waals surface area contributed by atoms with Crippen LogP contribution in [-0.4, -0.2) is 28.1 Å². The van der Waals surface area contributed by atoms with Crippen LogP contribution in [0.1, 0.15) is 26.2 Å². The summed E-state index contributed by atoms with van der Waals surface area (Å²) >= 11 is 1.35. The zero-order valence-electron chi connectivity index (χ0n) is 11.6. The Morgan fingerprint density at radius 1 is 1.38 bits per heavy atom. The highest BCUT2D eigenvalue weighted by atomic mass is 32.1. The molecule has 7 heteroatoms. The third-order valence-electron chi connectivity index (χ3n) is 2.96. The Morgan fingerprint density at radius 3 is 2.81 bits per heavy atom. The number of nitrogens with one attached hydrogen (secondary N) is 2. The highest BCUT2D eigenvalue weighted by Gasteiger charge is 2.19. The lowest BCUT2D eigenvalue weighted by Gasteiger charge is -2.13. The van der Waals surface area contributed by atoms with Crippen LogP contribution < -0.4 is 10.6 Å². The zero-order valence-corrected chi connectivity index (χ0v) is 12.4. The Hall–Kier alpha value is -2.15. The van der Waals surface area contributed by atoms with Gasteiger partial charge in [0.2, 0.25) is 0 Å². The van der Waals surface area contributed by atoms with E-state index in [1.165, 1.54) is 11.3 Å². The highest BCUT2D eigenvalue weighted by Crippen LogP contribution is 2.25. The zero-order chi connectivity index (χ0) is 15.2. The second-order valence-electron chi connectivity index (χ2n) is 4.62. The van der Waals surface area contributed by atoms with E-state index in [1.54, 1.807) is 0 Å². The second-order valence-corrected chi connectivity index (χ2v) is 5.65. The van der Waals surface area contributed by atoms with E-state index in [9.17, 15) is 9.59 Å². The van der Waals surface area contributed by atoms with Gasteiger partial charge in [-0.1, -0.05) is 43.2 Å². The van der Waals surface area contributed by atoms with E-state index in [4.69, 9.17) is 5.11 Å². The molecular formula is C14H17N3O3S. The van der Waals surface area contributed by atoms with Crippen molar-refractivity contribution in [3.63, 3.8) is 0 Å². The molecule has 6 nitrogen and oxygen atoms in total. The van der Waals surface area contributed by atoms with Gasteiger partial charge in [-0.3, -0.25) is 5.32 Å². The lowest BCUT2D eigenvalue weighted by Crippen LogP contribution is -2.42. The van der Waals surface area contributed by atoms with Crippen molar-refractivity contribution in [2.45, 2.75) is 32.2 Å². The Bertz CT molecular complexity index is 608. The SMILES string of the molecule is CCCCC(NC(=O)Nc1nc2ccccc2s1)C(=O)O. The maximum atomic E-state index is 11.8. The van der Waals surface area contributed by atoms with E-state index in [0.29, 0.717) is 11.6 Å². The quantitative estimate of drug-likeness (QED) is 0.765. The third-order valence-corrected chi connectivity index (χ3v) is 3.92. The van der Waals surface area contributed by atoms with Crippen molar-refractivity contribution in [1.29, 1.82) is 0 Å². The number of urea groups is 1. The highest BCUT2D eigenvalue weighted by molar-refractivity contribution is 7.22. The number of unbranched alkanes of at least 4 members (excludes halogenated alkanes) is 1. The average molecular weight is 307 g/mol. The number of thiazole rings is 1. The van der Waals surface area contributed by atoms with E-state index >= 15 is 0 Å². The van der Waals surface area contributed by atoms with Gasteiger partial charge < -0.3 is 10.4 Å². The van der Waals surface area contributed by atoms with Crippen LogP contribution in [0, 0.1) is 0 Å². The number of nitrogens with zero attached hydrogens (tertiary/aromatic N) is 1. The summed E-state index contributed by atoms with van der Waals surface area (Å²) in [5, 5.41) is 14.6. The van der Waals surface area contributed by atoms with Crippen LogP contribution in [0.3, 0.4) is 0 Å². The number of carboxylic acid groups (broad SMARTS) is 1. The maximum Gasteiger partial charge on any atom is 0.326 e. The molecule has 1 unspecified atom stereocenters. The third kappa shape index (κ3) is 4.16. The molecule has 0 aliphatic heterocycles. The van der Waals surface area contributed by atoms with Crippen LogP contribution in [-0.2, 0) is 4.79 Å². The molecule has 3 N–H and O–H groups in total. The molecule has 0 spiro atoms. The van der Waals surface area contributed by atoms with Gasteiger partial charge in [0.25, 0.3) is 0 Å². The molecule has 0 fully saturated rings. The van der Waals surface area contributed by atoms with E-state index in [-0.39, 0.29) is 0 Å². The van der Waals surface area contributed by atoms with Crippen LogP contribution in [0.5, 0.6) is 0 Å². The number of para-hydroxylation sites is 1. The fourth-order valence-electron chi connectivity index (χ4n) is 1.88. The number of hydrogen-bond donors (Lipinski definition) is 3. The van der Waals surface area contributed by atoms with Gasteiger partial charge in [0.1, 0.15) is 6.04 Å². The van der Waals surface area contributed by atoms with Gasteiger partial charge in [-0.05, 0) is 18.6 Å². The first kappa shape index (κ1) is 15.2. The first-order valence-corrected chi connectivity index (χ1v) is 7.57. The van der Waals surface area contributed by atoms with Crippen molar-refractivity contribution in [2.24, 2.45) is 0 Å². The monoisotopic (exact) mass is 307 g/mol. The number of anilines is 1. The number of aromatic nitrogens is 1. The fraction of sp³-hybridized carbons (Fsp3) is 0.357. The number of aliphatic carboxylic acids is 1. The number of carbonyl (C=O) groups excluding carboxylic acids is 1. The molecule has 0 saturated heterocycles. The molecule has 1 heterocycles. The second kappa shape index (κ2) is 7.03. The van der Waals surface area contributed by atoms with Crippen molar-refractivity contribution in [3.05, 3.63) is 24.3 Å². The topological polar surface area (TPSA) is 91.3 Å². The minimum atomic E-state index is -1.03. The number of carbonyl (C=O) groups is 2. The molecule has 0 bridgehead atoms. The summed E-state index contributed by atoms with van der Waals surface area (Å²) in [5.74, 6) is -1.03. The predicted octanol–water partition coefficient (Wildman–Crippen LogP) is 3.06. The molecule has 1 aromatic heterocycles. The van der Waals surface area contributed by atoms with Crippen LogP contribution in [0.4, 0.5) is 9.93 Å². The van der Waals surface area contributed by atoms with Gasteiger partial charge in [-0.2, -0.15) is 0 Å². The standard InChI is InChI=1S/C14H17N3O3S/c1-2-3-6-10(12(18)19)15-13(20)17-14-16-9-7-4-5-8-11(9)21-14/h4-5,7-8,10H,2-3,6H2,1H3,(H,18,19)(H2,15,16,17,20). The van der Waals surface area contributed by atoms with Gasteiger partial charge >= 0.3 is 12.0 Å². The Balaban J connectivity index is 1.98. The van der Waals surface area contributed by atoms with E-state index in [0.717, 1.165) is 23.1 Å². The van der Waals surface area contributed by atoms with Crippen molar-refractivity contribution in [3.8, 4) is 0 Å². The largest absolute Gasteiger partial charge is 0.480 e. The average Bonchev–Trinajstić information content (AvgIpc) is 2.85. The number of rotatable bonds is 6. The summed E-state index contributed by atoms with van der Waals surface area (Å²) in [6.45, 7) is 1.97. The summed E-state index contributed by atoms with van der Waals surface area (Å²) in [7, 11) is 0. The summed E-state index contributed by atoms with van der Waals surface area (Å²) < 4.78 is 0.966. The van der Waals surface area contributed by atoms with E-state index in [1.807, 2.05) is 31.2 Å². The Labute approximate surface area is 126 Å². The molecule has 0 aliphatic rings. The molecule has 112 valence electrons. The molecule has 2 amide bonds. The minimum absolute atomic E-state index is 0.416. The van der Waals surface area contributed by atoms with Crippen molar-refractivity contribution >= 4 is 38.7 Å². The van der Waals surface area contributed by atoms with Crippen molar-refractivity contribution in [2.75, 3.05) is 5.32 Å². The lowest BCUT2D eigenvalue weighted by atomic mass is 10.1. The summed E-state index contributed by atoms with van der Waals surface area (Å²) in [4.78, 5) is 27.2. The fourth-order valence-corrected chi connectivity index (χ4v) is 2.74. The molecule has 1 aromatic carbocycles. The number of hydrogen-bond acceptors (Lipinski definition) is 4. The van der Waals surface area contributed by atoms with Crippen LogP contribution >= 0.6 is 11.3 Å². The van der Waals surface area contributed by atoms with Gasteiger partial charge in [-0.25, -0.2) is 14.6 Å². The minimum Gasteiger partial charge on any atom is -0.480 e. The van der Waals surface area contributed by atoms with Crippen LogP contribution in [0.2, 0.25) is 0 Å². The first-order chi connectivity index (χ1) is 10.1. The van der Waals surface area contributed by atoms with E-state index < -0.39 is 18.0 Å². The summed E-state index contributed by atoms with van der Waals surface area (Å²) in [5.41, 5.74) is 0.804. The first-order valence-electron chi connectivity index (χ1n) is 6.76. The number of amides is 2. The van der Waals surface area contributed by atoms with Crippen LogP contribution in [0.15, 0.2) is 24.3 Å². The molecule has 0 saturated carbocycles. The Morgan fingerprint density at radius 2 is 2.14 bits per heavy atom. The molecule has 1 atom stereocenters. The smallest absolute Gasteiger partial charge is 0.326 e. The number of carboxylic acids is 1. The normalized spacial score (nSPS) is 12.0. The van der Waals surface area contributed by atoms with Crippen LogP contribution in [0.25, 0.3) is 10.2 Å². The van der Waals surface area contributed by atoms with E-state index in [2.05, 4.69) is 15.6 Å². The summed E-state index contributed by atoms with van der Waals surface area (Å²) in [6, 6.07) is 6.12. The number of fused-ring (bicyclic) bond motifs is 1. The molecule has 21 heavy (non-hydrogen) atoms. The van der Waals surface area contributed by atoms with Crippen molar-refractivity contribution < 1.29 is 14.7 Å².